The fourth-order valence-corrected chi connectivity index (χ4v) is 3.26. The number of fused-ring (bicyclic) bond motifs is 1. The second kappa shape index (κ2) is 6.74. The number of benzene rings is 1. The van der Waals surface area contributed by atoms with Crippen LogP contribution in [0, 0.1) is 0 Å². The molecule has 1 aromatic heterocycles. The van der Waals surface area contributed by atoms with Crippen LogP contribution in [0.1, 0.15) is 11.3 Å². The van der Waals surface area contributed by atoms with Gasteiger partial charge in [0, 0.05) is 36.3 Å². The summed E-state index contributed by atoms with van der Waals surface area (Å²) < 4.78 is 24.5. The fraction of sp³-hybridized carbons (Fsp3) is 0.375. The molecule has 8 heteroatoms. The first-order valence-corrected chi connectivity index (χ1v) is 9.67. The van der Waals surface area contributed by atoms with Gasteiger partial charge in [-0.3, -0.25) is 9.89 Å². The van der Waals surface area contributed by atoms with Crippen LogP contribution in [-0.4, -0.2) is 55.3 Å². The molecule has 1 amide bonds. The Bertz CT molecular complexity index is 830. The third-order valence-corrected chi connectivity index (χ3v) is 4.77. The molecule has 1 aliphatic heterocycles. The van der Waals surface area contributed by atoms with Crippen LogP contribution in [0.4, 0.5) is 0 Å². The van der Waals surface area contributed by atoms with Crippen LogP contribution < -0.4 is 4.72 Å². The molecule has 0 unspecified atom stereocenters. The smallest absolute Gasteiger partial charge is 0.237 e. The Morgan fingerprint density at radius 1 is 1.25 bits per heavy atom. The first-order chi connectivity index (χ1) is 11.4. The Kier molecular flexibility index (Phi) is 4.68. The molecule has 0 saturated heterocycles. The van der Waals surface area contributed by atoms with Gasteiger partial charge in [-0.1, -0.05) is 30.3 Å². The topological polar surface area (TPSA) is 95.2 Å². The van der Waals surface area contributed by atoms with E-state index in [1.54, 1.807) is 4.90 Å². The van der Waals surface area contributed by atoms with E-state index < -0.39 is 10.0 Å². The molecular formula is C16H20N4O3S. The average molecular weight is 348 g/mol. The van der Waals surface area contributed by atoms with Gasteiger partial charge in [0.15, 0.2) is 0 Å². The zero-order valence-electron chi connectivity index (χ0n) is 13.4. The average Bonchev–Trinajstić information content (AvgIpc) is 2.84. The molecule has 2 N–H and O–H groups in total. The summed E-state index contributed by atoms with van der Waals surface area (Å²) in [7, 11) is -3.37. The van der Waals surface area contributed by atoms with Gasteiger partial charge in [-0.05, 0) is 6.42 Å². The summed E-state index contributed by atoms with van der Waals surface area (Å²) in [5.41, 5.74) is 4.15. The number of carbonyl (C=O) groups is 1. The van der Waals surface area contributed by atoms with E-state index >= 15 is 0 Å². The number of aromatic nitrogens is 2. The lowest BCUT2D eigenvalue weighted by Gasteiger charge is -2.20. The molecule has 2 heterocycles. The van der Waals surface area contributed by atoms with Crippen molar-refractivity contribution < 1.29 is 13.2 Å². The fourth-order valence-electron chi connectivity index (χ4n) is 2.87. The van der Waals surface area contributed by atoms with Crippen LogP contribution in [-0.2, 0) is 27.7 Å². The predicted octanol–water partition coefficient (Wildman–Crippen LogP) is 0.553. The molecule has 0 spiro atoms. The molecule has 1 aliphatic rings. The summed E-state index contributed by atoms with van der Waals surface area (Å²) >= 11 is 0. The van der Waals surface area contributed by atoms with Crippen LogP contribution in [0.15, 0.2) is 30.3 Å². The highest BCUT2D eigenvalue weighted by Gasteiger charge is 2.23. The van der Waals surface area contributed by atoms with Gasteiger partial charge in [0.05, 0.1) is 18.5 Å². The maximum absolute atomic E-state index is 12.2. The summed E-state index contributed by atoms with van der Waals surface area (Å²) in [5.74, 6) is -0.209. The van der Waals surface area contributed by atoms with Gasteiger partial charge in [-0.15, -0.1) is 0 Å². The van der Waals surface area contributed by atoms with Crippen molar-refractivity contribution in [3.63, 3.8) is 0 Å². The van der Waals surface area contributed by atoms with Crippen molar-refractivity contribution in [3.05, 3.63) is 41.6 Å². The van der Waals surface area contributed by atoms with Crippen molar-refractivity contribution in [1.82, 2.24) is 19.8 Å². The van der Waals surface area contributed by atoms with Crippen molar-refractivity contribution in [2.75, 3.05) is 25.9 Å². The number of aromatic amines is 1. The van der Waals surface area contributed by atoms with E-state index in [9.17, 15) is 13.2 Å². The highest BCUT2D eigenvalue weighted by Crippen LogP contribution is 2.26. The minimum Gasteiger partial charge on any atom is -0.341 e. The third-order valence-electron chi connectivity index (χ3n) is 4.10. The molecule has 7 nitrogen and oxygen atoms in total. The van der Waals surface area contributed by atoms with E-state index in [2.05, 4.69) is 14.9 Å². The molecule has 0 atom stereocenters. The number of rotatable bonds is 4. The number of hydrogen-bond donors (Lipinski definition) is 2. The van der Waals surface area contributed by atoms with Gasteiger partial charge in [0.2, 0.25) is 15.9 Å². The van der Waals surface area contributed by atoms with E-state index in [-0.39, 0.29) is 12.5 Å². The van der Waals surface area contributed by atoms with Crippen LogP contribution >= 0.6 is 0 Å². The standard InChI is InChI=1S/C16H20N4O3S/c1-24(22,23)17-11-15(21)20-9-7-13-14(8-10-20)18-19-16(13)12-5-3-2-4-6-12/h2-6,17H,7-11H2,1H3,(H,18,19). The lowest BCUT2D eigenvalue weighted by atomic mass is 10.0. The van der Waals surface area contributed by atoms with Gasteiger partial charge in [0.25, 0.3) is 0 Å². The predicted molar refractivity (Wildman–Crippen MR) is 90.9 cm³/mol. The van der Waals surface area contributed by atoms with E-state index in [0.29, 0.717) is 25.9 Å². The largest absolute Gasteiger partial charge is 0.341 e. The number of amides is 1. The summed E-state index contributed by atoms with van der Waals surface area (Å²) in [6.07, 6.45) is 2.42. The van der Waals surface area contributed by atoms with E-state index in [4.69, 9.17) is 0 Å². The molecule has 0 bridgehead atoms. The minimum atomic E-state index is -3.37. The first-order valence-electron chi connectivity index (χ1n) is 7.78. The van der Waals surface area contributed by atoms with Crippen LogP contribution in [0.3, 0.4) is 0 Å². The maximum Gasteiger partial charge on any atom is 0.237 e. The normalized spacial score (nSPS) is 15.0. The second-order valence-corrected chi connectivity index (χ2v) is 7.70. The van der Waals surface area contributed by atoms with Gasteiger partial charge >= 0.3 is 0 Å². The van der Waals surface area contributed by atoms with Gasteiger partial charge in [0.1, 0.15) is 0 Å². The lowest BCUT2D eigenvalue weighted by Crippen LogP contribution is -2.41. The summed E-state index contributed by atoms with van der Waals surface area (Å²) in [6, 6.07) is 9.93. The third kappa shape index (κ3) is 3.82. The first kappa shape index (κ1) is 16.7. The van der Waals surface area contributed by atoms with Crippen molar-refractivity contribution in [2.45, 2.75) is 12.8 Å². The Hall–Kier alpha value is -2.19. The highest BCUT2D eigenvalue weighted by atomic mass is 32.2. The van der Waals surface area contributed by atoms with Gasteiger partial charge < -0.3 is 4.90 Å². The number of nitrogens with one attached hydrogen (secondary N) is 2. The maximum atomic E-state index is 12.2. The molecule has 0 aliphatic carbocycles. The Balaban J connectivity index is 1.72. The molecular weight excluding hydrogens is 328 g/mol. The van der Waals surface area contributed by atoms with Crippen molar-refractivity contribution in [3.8, 4) is 11.3 Å². The Labute approximate surface area is 141 Å². The Morgan fingerprint density at radius 2 is 1.96 bits per heavy atom. The molecule has 0 saturated carbocycles. The van der Waals surface area contributed by atoms with Crippen molar-refractivity contribution in [1.29, 1.82) is 0 Å². The SMILES string of the molecule is CS(=O)(=O)NCC(=O)N1CCc2[nH]nc(-c3ccccc3)c2CC1. The van der Waals surface area contributed by atoms with E-state index in [0.717, 1.165) is 28.8 Å². The zero-order valence-corrected chi connectivity index (χ0v) is 14.3. The molecule has 128 valence electrons. The molecule has 0 fully saturated rings. The Morgan fingerprint density at radius 3 is 2.67 bits per heavy atom. The molecule has 0 radical (unpaired) electrons. The highest BCUT2D eigenvalue weighted by molar-refractivity contribution is 7.88. The molecule has 24 heavy (non-hydrogen) atoms. The number of sulfonamides is 1. The van der Waals surface area contributed by atoms with Gasteiger partial charge in [-0.25, -0.2) is 13.1 Å². The molecule has 1 aromatic carbocycles. The zero-order chi connectivity index (χ0) is 17.2. The summed E-state index contributed by atoms with van der Waals surface area (Å²) in [5, 5.41) is 7.51. The number of nitrogens with zero attached hydrogens (tertiary/aromatic N) is 2. The number of hydrogen-bond acceptors (Lipinski definition) is 4. The van der Waals surface area contributed by atoms with E-state index in [1.807, 2.05) is 30.3 Å². The number of carbonyl (C=O) groups excluding carboxylic acids is 1. The summed E-state index contributed by atoms with van der Waals surface area (Å²) in [4.78, 5) is 13.9. The van der Waals surface area contributed by atoms with Crippen LogP contribution in [0.2, 0.25) is 0 Å². The monoisotopic (exact) mass is 348 g/mol. The second-order valence-electron chi connectivity index (χ2n) is 5.87. The van der Waals surface area contributed by atoms with Crippen molar-refractivity contribution >= 4 is 15.9 Å². The van der Waals surface area contributed by atoms with E-state index in [1.165, 1.54) is 0 Å². The summed E-state index contributed by atoms with van der Waals surface area (Å²) in [6.45, 7) is 0.904. The van der Waals surface area contributed by atoms with Crippen molar-refractivity contribution in [2.24, 2.45) is 0 Å². The van der Waals surface area contributed by atoms with Crippen LogP contribution in [0.5, 0.6) is 0 Å². The minimum absolute atomic E-state index is 0.198. The van der Waals surface area contributed by atoms with Gasteiger partial charge in [-0.2, -0.15) is 5.10 Å². The van der Waals surface area contributed by atoms with Crippen LogP contribution in [0.25, 0.3) is 11.3 Å². The number of H-pyrrole nitrogens is 1. The molecule has 2 aromatic rings. The quantitative estimate of drug-likeness (QED) is 0.844. The molecule has 3 rings (SSSR count). The lowest BCUT2D eigenvalue weighted by molar-refractivity contribution is -0.129.